The molecule has 1 aliphatic heterocycles. The standard InChI is InChI=1S/C18H29N3O3S/c1-13(17-10-14(12-25-17)4-3-7-20-23-2)21(15-5-6-15)18(22)16-11-19-8-9-24-16/h10,12-13,15-16,19-20H,3-9,11H2,1-2H3/t13-,16-/m1/s1. The van der Waals surface area contributed by atoms with Crippen molar-refractivity contribution in [2.24, 2.45) is 0 Å². The van der Waals surface area contributed by atoms with Crippen molar-refractivity contribution in [3.63, 3.8) is 0 Å². The Morgan fingerprint density at radius 2 is 2.40 bits per heavy atom. The smallest absolute Gasteiger partial charge is 0.253 e. The Morgan fingerprint density at radius 3 is 3.08 bits per heavy atom. The first kappa shape index (κ1) is 18.8. The van der Waals surface area contributed by atoms with Crippen LogP contribution in [0.4, 0.5) is 0 Å². The second kappa shape index (κ2) is 9.09. The number of rotatable bonds is 9. The van der Waals surface area contributed by atoms with E-state index in [1.807, 2.05) is 0 Å². The number of nitrogens with one attached hydrogen (secondary N) is 2. The van der Waals surface area contributed by atoms with Crippen molar-refractivity contribution in [2.75, 3.05) is 33.4 Å². The Balaban J connectivity index is 1.61. The highest BCUT2D eigenvalue weighted by Gasteiger charge is 2.40. The van der Waals surface area contributed by atoms with Gasteiger partial charge in [0.25, 0.3) is 5.91 Å². The van der Waals surface area contributed by atoms with Gasteiger partial charge in [-0.25, -0.2) is 5.48 Å². The van der Waals surface area contributed by atoms with Gasteiger partial charge in [0.2, 0.25) is 0 Å². The molecule has 7 heteroatoms. The molecule has 0 unspecified atom stereocenters. The Hall–Kier alpha value is -0.990. The lowest BCUT2D eigenvalue weighted by molar-refractivity contribution is -0.148. The topological polar surface area (TPSA) is 62.8 Å². The molecule has 1 aromatic heterocycles. The van der Waals surface area contributed by atoms with Gasteiger partial charge < -0.3 is 19.8 Å². The van der Waals surface area contributed by atoms with Crippen molar-refractivity contribution in [2.45, 2.75) is 50.8 Å². The normalized spacial score (nSPS) is 21.9. The summed E-state index contributed by atoms with van der Waals surface area (Å²) >= 11 is 1.76. The molecule has 140 valence electrons. The maximum atomic E-state index is 13.0. The molecule has 3 rings (SSSR count). The maximum absolute atomic E-state index is 13.0. The molecule has 2 heterocycles. The Bertz CT molecular complexity index is 556. The molecular weight excluding hydrogens is 338 g/mol. The van der Waals surface area contributed by atoms with E-state index >= 15 is 0 Å². The summed E-state index contributed by atoms with van der Waals surface area (Å²) in [7, 11) is 1.64. The summed E-state index contributed by atoms with van der Waals surface area (Å²) in [6.45, 7) is 5.05. The summed E-state index contributed by atoms with van der Waals surface area (Å²) in [5.74, 6) is 0.140. The molecule has 2 fully saturated rings. The van der Waals surface area contributed by atoms with Crippen molar-refractivity contribution >= 4 is 17.2 Å². The van der Waals surface area contributed by atoms with E-state index in [0.717, 1.165) is 38.8 Å². The van der Waals surface area contributed by atoms with E-state index in [2.05, 4.69) is 34.1 Å². The molecule has 0 bridgehead atoms. The Morgan fingerprint density at radius 1 is 1.56 bits per heavy atom. The van der Waals surface area contributed by atoms with Crippen LogP contribution in [0.25, 0.3) is 0 Å². The number of nitrogens with zero attached hydrogens (tertiary/aromatic N) is 1. The van der Waals surface area contributed by atoms with Gasteiger partial charge in [-0.15, -0.1) is 11.3 Å². The largest absolute Gasteiger partial charge is 0.366 e. The molecular formula is C18H29N3O3S. The lowest BCUT2D eigenvalue weighted by Crippen LogP contribution is -2.50. The number of thiophene rings is 1. The van der Waals surface area contributed by atoms with Gasteiger partial charge in [0.05, 0.1) is 19.8 Å². The first-order chi connectivity index (χ1) is 12.2. The number of amides is 1. The van der Waals surface area contributed by atoms with Gasteiger partial charge in [-0.3, -0.25) is 4.79 Å². The average molecular weight is 368 g/mol. The van der Waals surface area contributed by atoms with E-state index in [-0.39, 0.29) is 18.1 Å². The molecule has 1 aromatic rings. The van der Waals surface area contributed by atoms with Gasteiger partial charge in [-0.2, -0.15) is 0 Å². The van der Waals surface area contributed by atoms with E-state index < -0.39 is 0 Å². The SMILES string of the molecule is CONCCCc1csc([C@@H](C)N(C(=O)[C@H]2CNCCO2)C2CC2)c1. The highest BCUT2D eigenvalue weighted by Crippen LogP contribution is 2.37. The van der Waals surface area contributed by atoms with Crippen LogP contribution in [0.5, 0.6) is 0 Å². The van der Waals surface area contributed by atoms with Gasteiger partial charge in [0.1, 0.15) is 6.10 Å². The average Bonchev–Trinajstić information content (AvgIpc) is 3.36. The number of ether oxygens (including phenoxy) is 1. The second-order valence-electron chi connectivity index (χ2n) is 6.78. The highest BCUT2D eigenvalue weighted by molar-refractivity contribution is 7.10. The molecule has 25 heavy (non-hydrogen) atoms. The quantitative estimate of drug-likeness (QED) is 0.515. The number of carbonyl (C=O) groups excluding carboxylic acids is 1. The maximum Gasteiger partial charge on any atom is 0.253 e. The van der Waals surface area contributed by atoms with Crippen LogP contribution in [0.1, 0.15) is 42.7 Å². The minimum absolute atomic E-state index is 0.112. The van der Waals surface area contributed by atoms with E-state index in [1.165, 1.54) is 10.4 Å². The number of hydrogen-bond donors (Lipinski definition) is 2. The van der Waals surface area contributed by atoms with E-state index in [9.17, 15) is 4.79 Å². The first-order valence-electron chi connectivity index (χ1n) is 9.18. The van der Waals surface area contributed by atoms with Crippen molar-refractivity contribution in [3.8, 4) is 0 Å². The van der Waals surface area contributed by atoms with Crippen LogP contribution in [0.3, 0.4) is 0 Å². The van der Waals surface area contributed by atoms with E-state index in [4.69, 9.17) is 9.57 Å². The molecule has 6 nitrogen and oxygen atoms in total. The van der Waals surface area contributed by atoms with Gasteiger partial charge in [-0.05, 0) is 49.6 Å². The fourth-order valence-corrected chi connectivity index (χ4v) is 4.28. The fourth-order valence-electron chi connectivity index (χ4n) is 3.28. The number of hydrogen-bond acceptors (Lipinski definition) is 6. The molecule has 2 aliphatic rings. The molecule has 1 saturated heterocycles. The zero-order valence-electron chi connectivity index (χ0n) is 15.1. The number of carbonyl (C=O) groups is 1. The van der Waals surface area contributed by atoms with Crippen LogP contribution in [0.15, 0.2) is 11.4 Å². The van der Waals surface area contributed by atoms with Gasteiger partial charge >= 0.3 is 0 Å². The fraction of sp³-hybridized carbons (Fsp3) is 0.722. The Labute approximate surface area is 153 Å². The molecule has 0 spiro atoms. The van der Waals surface area contributed by atoms with Crippen LogP contribution in [0.2, 0.25) is 0 Å². The minimum Gasteiger partial charge on any atom is -0.366 e. The van der Waals surface area contributed by atoms with Crippen LogP contribution >= 0.6 is 11.3 Å². The third-order valence-corrected chi connectivity index (χ3v) is 5.94. The van der Waals surface area contributed by atoms with Crippen LogP contribution in [-0.4, -0.2) is 56.3 Å². The summed E-state index contributed by atoms with van der Waals surface area (Å²) in [5.41, 5.74) is 4.21. The van der Waals surface area contributed by atoms with Crippen molar-refractivity contribution < 1.29 is 14.4 Å². The lowest BCUT2D eigenvalue weighted by atomic mass is 10.1. The monoisotopic (exact) mass is 367 g/mol. The molecule has 1 amide bonds. The van der Waals surface area contributed by atoms with Gasteiger partial charge in [0.15, 0.2) is 0 Å². The zero-order chi connectivity index (χ0) is 17.6. The highest BCUT2D eigenvalue weighted by atomic mass is 32.1. The molecule has 1 aliphatic carbocycles. The summed E-state index contributed by atoms with van der Waals surface area (Å²) in [6.07, 6.45) is 3.93. The third kappa shape index (κ3) is 5.01. The third-order valence-electron chi connectivity index (χ3n) is 4.79. The van der Waals surface area contributed by atoms with E-state index in [1.54, 1.807) is 18.4 Å². The molecule has 2 atom stereocenters. The van der Waals surface area contributed by atoms with Crippen LogP contribution < -0.4 is 10.8 Å². The van der Waals surface area contributed by atoms with Gasteiger partial charge in [0, 0.05) is 30.6 Å². The van der Waals surface area contributed by atoms with Crippen LogP contribution in [0, 0.1) is 0 Å². The number of hydroxylamine groups is 1. The summed E-state index contributed by atoms with van der Waals surface area (Å²) in [4.78, 5) is 21.2. The minimum atomic E-state index is -0.337. The second-order valence-corrected chi connectivity index (χ2v) is 7.72. The summed E-state index contributed by atoms with van der Waals surface area (Å²) in [5, 5.41) is 5.48. The molecule has 2 N–H and O–H groups in total. The summed E-state index contributed by atoms with van der Waals surface area (Å²) < 4.78 is 5.70. The zero-order valence-corrected chi connectivity index (χ0v) is 15.9. The lowest BCUT2D eigenvalue weighted by Gasteiger charge is -2.33. The molecule has 1 saturated carbocycles. The Kier molecular flexibility index (Phi) is 6.84. The van der Waals surface area contributed by atoms with Gasteiger partial charge in [-0.1, -0.05) is 0 Å². The molecule has 0 radical (unpaired) electrons. The predicted molar refractivity (Wildman–Crippen MR) is 98.5 cm³/mol. The van der Waals surface area contributed by atoms with Crippen molar-refractivity contribution in [1.82, 2.24) is 15.7 Å². The summed E-state index contributed by atoms with van der Waals surface area (Å²) in [6, 6.07) is 2.75. The van der Waals surface area contributed by atoms with Crippen LogP contribution in [-0.2, 0) is 20.8 Å². The predicted octanol–water partition coefficient (Wildman–Crippen LogP) is 1.87. The number of aryl methyl sites for hydroxylation is 1. The van der Waals surface area contributed by atoms with E-state index in [0.29, 0.717) is 19.2 Å². The first-order valence-corrected chi connectivity index (χ1v) is 10.1. The van der Waals surface area contributed by atoms with Crippen molar-refractivity contribution in [1.29, 1.82) is 0 Å². The van der Waals surface area contributed by atoms with Crippen molar-refractivity contribution in [3.05, 3.63) is 21.9 Å². The number of morpholine rings is 1. The molecule has 0 aromatic carbocycles.